The summed E-state index contributed by atoms with van der Waals surface area (Å²) in [6, 6.07) is 3.96. The van der Waals surface area contributed by atoms with Crippen LogP contribution in [0.1, 0.15) is 55.8 Å². The topological polar surface area (TPSA) is 63.3 Å². The largest absolute Gasteiger partial charge is 0.468 e. The average molecular weight is 330 g/mol. The molecule has 6 heteroatoms. The third-order valence-corrected chi connectivity index (χ3v) is 4.44. The standard InChI is InChI=1S/C18H26N4O2/c1-18(2,3)22-13-14(11-20-22)17(23)19-12-15(16-7-6-10-24-16)21-8-4-5-9-21/h6-7,10-11,13,15H,4-5,8-9,12H2,1-3H3,(H,19,23). The van der Waals surface area contributed by atoms with E-state index in [-0.39, 0.29) is 17.5 Å². The second-order valence-corrected chi connectivity index (χ2v) is 7.33. The molecule has 0 aliphatic carbocycles. The van der Waals surface area contributed by atoms with Gasteiger partial charge in [0.25, 0.3) is 5.91 Å². The maximum atomic E-state index is 12.5. The zero-order valence-electron chi connectivity index (χ0n) is 14.7. The molecule has 1 N–H and O–H groups in total. The maximum Gasteiger partial charge on any atom is 0.254 e. The van der Waals surface area contributed by atoms with E-state index in [1.165, 1.54) is 12.8 Å². The van der Waals surface area contributed by atoms with E-state index in [1.54, 1.807) is 18.7 Å². The number of nitrogens with zero attached hydrogens (tertiary/aromatic N) is 3. The molecule has 1 amide bonds. The molecular weight excluding hydrogens is 304 g/mol. The van der Waals surface area contributed by atoms with Crippen molar-refractivity contribution in [2.75, 3.05) is 19.6 Å². The van der Waals surface area contributed by atoms with Gasteiger partial charge in [0.05, 0.1) is 29.6 Å². The zero-order chi connectivity index (χ0) is 17.2. The van der Waals surface area contributed by atoms with E-state index in [9.17, 15) is 4.79 Å². The fourth-order valence-corrected chi connectivity index (χ4v) is 3.04. The molecule has 1 aliphatic rings. The van der Waals surface area contributed by atoms with E-state index >= 15 is 0 Å². The van der Waals surface area contributed by atoms with Gasteiger partial charge in [-0.2, -0.15) is 5.10 Å². The molecule has 130 valence electrons. The van der Waals surface area contributed by atoms with Crippen molar-refractivity contribution in [3.05, 3.63) is 42.1 Å². The first-order valence-electron chi connectivity index (χ1n) is 8.56. The van der Waals surface area contributed by atoms with Gasteiger partial charge in [0.2, 0.25) is 0 Å². The van der Waals surface area contributed by atoms with Gasteiger partial charge in [-0.1, -0.05) is 0 Å². The lowest BCUT2D eigenvalue weighted by molar-refractivity contribution is 0.0933. The summed E-state index contributed by atoms with van der Waals surface area (Å²) < 4.78 is 7.40. The van der Waals surface area contributed by atoms with Crippen LogP contribution in [-0.4, -0.2) is 40.2 Å². The zero-order valence-corrected chi connectivity index (χ0v) is 14.7. The van der Waals surface area contributed by atoms with Gasteiger partial charge in [0.15, 0.2) is 0 Å². The van der Waals surface area contributed by atoms with Crippen LogP contribution < -0.4 is 5.32 Å². The summed E-state index contributed by atoms with van der Waals surface area (Å²) in [4.78, 5) is 14.8. The molecule has 2 aromatic rings. The lowest BCUT2D eigenvalue weighted by Gasteiger charge is -2.25. The number of aromatic nitrogens is 2. The molecule has 6 nitrogen and oxygen atoms in total. The Balaban J connectivity index is 1.66. The van der Waals surface area contributed by atoms with Crippen LogP contribution in [0, 0.1) is 0 Å². The molecule has 0 aromatic carbocycles. The van der Waals surface area contributed by atoms with Crippen LogP contribution in [0.25, 0.3) is 0 Å². The molecule has 0 spiro atoms. The van der Waals surface area contributed by atoms with Crippen LogP contribution in [0.5, 0.6) is 0 Å². The van der Waals surface area contributed by atoms with Crippen molar-refractivity contribution < 1.29 is 9.21 Å². The fraction of sp³-hybridized carbons (Fsp3) is 0.556. The van der Waals surface area contributed by atoms with Crippen LogP contribution in [0.15, 0.2) is 35.2 Å². The number of furan rings is 1. The second-order valence-electron chi connectivity index (χ2n) is 7.33. The highest BCUT2D eigenvalue weighted by molar-refractivity contribution is 5.93. The number of rotatable bonds is 5. The SMILES string of the molecule is CC(C)(C)n1cc(C(=O)NCC(c2ccco2)N2CCCC2)cn1. The van der Waals surface area contributed by atoms with Crippen LogP contribution in [0.2, 0.25) is 0 Å². The molecule has 1 saturated heterocycles. The Hall–Kier alpha value is -2.08. The van der Waals surface area contributed by atoms with Gasteiger partial charge < -0.3 is 9.73 Å². The third-order valence-electron chi connectivity index (χ3n) is 4.44. The Labute approximate surface area is 142 Å². The minimum Gasteiger partial charge on any atom is -0.468 e. The number of likely N-dealkylation sites (tertiary alicyclic amines) is 1. The molecule has 2 aromatic heterocycles. The summed E-state index contributed by atoms with van der Waals surface area (Å²) in [6.45, 7) is 8.80. The van der Waals surface area contributed by atoms with E-state index in [4.69, 9.17) is 4.42 Å². The molecule has 3 heterocycles. The molecule has 24 heavy (non-hydrogen) atoms. The summed E-state index contributed by atoms with van der Waals surface area (Å²) in [6.07, 6.45) is 7.51. The Bertz CT molecular complexity index is 664. The van der Waals surface area contributed by atoms with Crippen LogP contribution in [-0.2, 0) is 5.54 Å². The first-order valence-corrected chi connectivity index (χ1v) is 8.56. The van der Waals surface area contributed by atoms with Gasteiger partial charge in [-0.15, -0.1) is 0 Å². The Kier molecular flexibility index (Phi) is 4.76. The van der Waals surface area contributed by atoms with Crippen molar-refractivity contribution in [3.8, 4) is 0 Å². The highest BCUT2D eigenvalue weighted by Crippen LogP contribution is 2.25. The van der Waals surface area contributed by atoms with E-state index in [2.05, 4.69) is 36.1 Å². The molecule has 0 saturated carbocycles. The van der Waals surface area contributed by atoms with Gasteiger partial charge in [-0.05, 0) is 58.8 Å². The minimum absolute atomic E-state index is 0.0871. The Morgan fingerprint density at radius 1 is 1.38 bits per heavy atom. The molecule has 1 fully saturated rings. The normalized spacial score (nSPS) is 17.1. The van der Waals surface area contributed by atoms with Crippen molar-refractivity contribution in [1.82, 2.24) is 20.0 Å². The summed E-state index contributed by atoms with van der Waals surface area (Å²) in [5.41, 5.74) is 0.453. The Morgan fingerprint density at radius 2 is 2.12 bits per heavy atom. The quantitative estimate of drug-likeness (QED) is 0.915. The van der Waals surface area contributed by atoms with Crippen LogP contribution in [0.4, 0.5) is 0 Å². The van der Waals surface area contributed by atoms with E-state index < -0.39 is 0 Å². The van der Waals surface area contributed by atoms with Gasteiger partial charge in [0, 0.05) is 12.7 Å². The molecule has 1 aliphatic heterocycles. The van der Waals surface area contributed by atoms with Crippen molar-refractivity contribution in [2.45, 2.75) is 45.2 Å². The number of carbonyl (C=O) groups is 1. The van der Waals surface area contributed by atoms with Crippen molar-refractivity contribution in [1.29, 1.82) is 0 Å². The molecule has 0 bridgehead atoms. The highest BCUT2D eigenvalue weighted by atomic mass is 16.3. The second kappa shape index (κ2) is 6.81. The van der Waals surface area contributed by atoms with E-state index in [0.717, 1.165) is 18.8 Å². The van der Waals surface area contributed by atoms with Gasteiger partial charge in [-0.3, -0.25) is 14.4 Å². The van der Waals surface area contributed by atoms with Gasteiger partial charge >= 0.3 is 0 Å². The summed E-state index contributed by atoms with van der Waals surface area (Å²) in [5.74, 6) is 0.809. The van der Waals surface area contributed by atoms with Gasteiger partial charge in [-0.25, -0.2) is 0 Å². The van der Waals surface area contributed by atoms with Crippen LogP contribution in [0.3, 0.4) is 0 Å². The van der Waals surface area contributed by atoms with Crippen molar-refractivity contribution >= 4 is 5.91 Å². The average Bonchev–Trinajstić information content (AvgIpc) is 3.28. The smallest absolute Gasteiger partial charge is 0.254 e. The highest BCUT2D eigenvalue weighted by Gasteiger charge is 2.26. The predicted molar refractivity (Wildman–Crippen MR) is 91.8 cm³/mol. The maximum absolute atomic E-state index is 12.5. The number of hydrogen-bond donors (Lipinski definition) is 1. The van der Waals surface area contributed by atoms with Crippen LogP contribution >= 0.6 is 0 Å². The van der Waals surface area contributed by atoms with Crippen molar-refractivity contribution in [3.63, 3.8) is 0 Å². The van der Waals surface area contributed by atoms with E-state index in [0.29, 0.717) is 12.1 Å². The number of hydrogen-bond acceptors (Lipinski definition) is 4. The molecule has 1 atom stereocenters. The number of nitrogens with one attached hydrogen (secondary N) is 1. The number of amides is 1. The monoisotopic (exact) mass is 330 g/mol. The summed E-state index contributed by atoms with van der Waals surface area (Å²) >= 11 is 0. The first kappa shape index (κ1) is 16.8. The molecular formula is C18H26N4O2. The molecule has 3 rings (SSSR count). The third kappa shape index (κ3) is 3.70. The first-order chi connectivity index (χ1) is 11.4. The summed E-state index contributed by atoms with van der Waals surface area (Å²) in [7, 11) is 0. The number of carbonyl (C=O) groups excluding carboxylic acids is 1. The fourth-order valence-electron chi connectivity index (χ4n) is 3.04. The molecule has 0 radical (unpaired) electrons. The van der Waals surface area contributed by atoms with Crippen molar-refractivity contribution in [2.24, 2.45) is 0 Å². The lowest BCUT2D eigenvalue weighted by atomic mass is 10.1. The predicted octanol–water partition coefficient (Wildman–Crippen LogP) is 2.80. The van der Waals surface area contributed by atoms with Gasteiger partial charge in [0.1, 0.15) is 5.76 Å². The summed E-state index contributed by atoms with van der Waals surface area (Å²) in [5, 5.41) is 7.32. The minimum atomic E-state index is -0.134. The van der Waals surface area contributed by atoms with E-state index in [1.807, 2.05) is 16.8 Å². The Morgan fingerprint density at radius 3 is 2.71 bits per heavy atom. The molecule has 1 unspecified atom stereocenters. The lowest BCUT2D eigenvalue weighted by Crippen LogP contribution is -2.36.